The number of nitrogens with one attached hydrogen (secondary N) is 1. The maximum Gasteiger partial charge on any atom is 0.255 e. The maximum atomic E-state index is 12.1. The van der Waals surface area contributed by atoms with Crippen molar-refractivity contribution < 1.29 is 0 Å². The number of hydrogen-bond acceptors (Lipinski definition) is 3. The average Bonchev–Trinajstić information content (AvgIpc) is 3.04. The van der Waals surface area contributed by atoms with Crippen molar-refractivity contribution in [1.29, 1.82) is 0 Å². The summed E-state index contributed by atoms with van der Waals surface area (Å²) < 4.78 is 0. The molecule has 2 aromatic rings. The molecule has 1 aliphatic heterocycles. The fourth-order valence-electron chi connectivity index (χ4n) is 3.09. The van der Waals surface area contributed by atoms with Crippen molar-refractivity contribution in [2.45, 2.75) is 30.3 Å². The number of thioether (sulfide) groups is 1. The number of aromatic amines is 1. The summed E-state index contributed by atoms with van der Waals surface area (Å²) >= 11 is 1.77. The van der Waals surface area contributed by atoms with E-state index < -0.39 is 0 Å². The first kappa shape index (κ1) is 11.3. The third-order valence-electron chi connectivity index (χ3n) is 4.07. The number of benzene rings is 1. The van der Waals surface area contributed by atoms with Gasteiger partial charge in [0.1, 0.15) is 5.82 Å². The Morgan fingerprint density at radius 2 is 2.16 bits per heavy atom. The predicted molar refractivity (Wildman–Crippen MR) is 76.5 cm³/mol. The van der Waals surface area contributed by atoms with Crippen LogP contribution < -0.4 is 5.56 Å². The molecule has 0 bridgehead atoms. The number of fused-ring (bicyclic) bond motifs is 2. The van der Waals surface area contributed by atoms with Gasteiger partial charge in [0.2, 0.25) is 0 Å². The first-order valence-electron chi connectivity index (χ1n) is 6.60. The van der Waals surface area contributed by atoms with Crippen molar-refractivity contribution in [2.24, 2.45) is 0 Å². The Balaban J connectivity index is 1.83. The highest BCUT2D eigenvalue weighted by molar-refractivity contribution is 7.98. The van der Waals surface area contributed by atoms with Crippen LogP contribution in [0.3, 0.4) is 0 Å². The molecular weight excluding hydrogens is 256 g/mol. The second kappa shape index (κ2) is 4.23. The van der Waals surface area contributed by atoms with Crippen molar-refractivity contribution in [3.8, 4) is 0 Å². The second-order valence-electron chi connectivity index (χ2n) is 5.16. The number of aromatic nitrogens is 2. The van der Waals surface area contributed by atoms with Gasteiger partial charge < -0.3 is 4.98 Å². The molecule has 0 amide bonds. The molecule has 2 aliphatic rings. The number of H-pyrrole nitrogens is 1. The van der Waals surface area contributed by atoms with Gasteiger partial charge in [0.05, 0.1) is 5.69 Å². The van der Waals surface area contributed by atoms with Gasteiger partial charge in [-0.15, -0.1) is 0 Å². The molecule has 96 valence electrons. The molecule has 2 heterocycles. The summed E-state index contributed by atoms with van der Waals surface area (Å²) in [6.45, 7) is 0. The van der Waals surface area contributed by atoms with Crippen LogP contribution in [0.4, 0.5) is 0 Å². The quantitative estimate of drug-likeness (QED) is 0.866. The second-order valence-corrected chi connectivity index (χ2v) is 6.14. The Morgan fingerprint density at radius 1 is 1.26 bits per heavy atom. The van der Waals surface area contributed by atoms with Gasteiger partial charge in [-0.2, -0.15) is 11.8 Å². The molecule has 1 aliphatic carbocycles. The molecule has 4 heteroatoms. The summed E-state index contributed by atoms with van der Waals surface area (Å²) in [6.07, 6.45) is 2.13. The van der Waals surface area contributed by atoms with E-state index in [9.17, 15) is 4.79 Å². The zero-order chi connectivity index (χ0) is 12.8. The highest BCUT2D eigenvalue weighted by Crippen LogP contribution is 2.37. The van der Waals surface area contributed by atoms with Crippen molar-refractivity contribution in [3.63, 3.8) is 0 Å². The van der Waals surface area contributed by atoms with Crippen LogP contribution in [0.2, 0.25) is 0 Å². The van der Waals surface area contributed by atoms with E-state index in [1.807, 2.05) is 0 Å². The third-order valence-corrected chi connectivity index (χ3v) is 5.04. The highest BCUT2D eigenvalue weighted by atomic mass is 32.2. The van der Waals surface area contributed by atoms with E-state index in [0.717, 1.165) is 41.4 Å². The lowest BCUT2D eigenvalue weighted by molar-refractivity contribution is 0.715. The molecule has 4 rings (SSSR count). The lowest BCUT2D eigenvalue weighted by atomic mass is 10.0. The Hall–Kier alpha value is -1.55. The SMILES string of the molecule is O=c1[nH]c(C2CCc3ccccc32)nc2c1CSC2. The lowest BCUT2D eigenvalue weighted by Gasteiger charge is -2.11. The van der Waals surface area contributed by atoms with Crippen molar-refractivity contribution in [3.05, 3.63) is 62.8 Å². The Morgan fingerprint density at radius 3 is 3.11 bits per heavy atom. The number of rotatable bonds is 1. The Labute approximate surface area is 115 Å². The Bertz CT molecular complexity index is 708. The predicted octanol–water partition coefficient (Wildman–Crippen LogP) is 2.59. The van der Waals surface area contributed by atoms with Gasteiger partial charge in [0, 0.05) is 23.0 Å². The molecule has 0 saturated carbocycles. The topological polar surface area (TPSA) is 45.8 Å². The standard InChI is InChI=1S/C15H14N2OS/c18-15-12-7-19-8-13(12)16-14(17-15)11-6-5-9-3-1-2-4-10(9)11/h1-4,11H,5-8H2,(H,16,17,18). The lowest BCUT2D eigenvalue weighted by Crippen LogP contribution is -2.19. The first-order chi connectivity index (χ1) is 9.33. The number of aryl methyl sites for hydroxylation is 1. The van der Waals surface area contributed by atoms with Gasteiger partial charge in [-0.05, 0) is 24.0 Å². The minimum Gasteiger partial charge on any atom is -0.310 e. The highest BCUT2D eigenvalue weighted by Gasteiger charge is 2.27. The fraction of sp³-hybridized carbons (Fsp3) is 0.333. The fourth-order valence-corrected chi connectivity index (χ4v) is 4.12. The van der Waals surface area contributed by atoms with Crippen LogP contribution in [0, 0.1) is 0 Å². The summed E-state index contributed by atoms with van der Waals surface area (Å²) in [4.78, 5) is 19.8. The molecular formula is C15H14N2OS. The van der Waals surface area contributed by atoms with Gasteiger partial charge >= 0.3 is 0 Å². The molecule has 1 unspecified atom stereocenters. The van der Waals surface area contributed by atoms with Gasteiger partial charge in [-0.1, -0.05) is 24.3 Å². The van der Waals surface area contributed by atoms with E-state index >= 15 is 0 Å². The zero-order valence-electron chi connectivity index (χ0n) is 10.5. The van der Waals surface area contributed by atoms with Crippen LogP contribution in [-0.4, -0.2) is 9.97 Å². The third kappa shape index (κ3) is 1.74. The summed E-state index contributed by atoms with van der Waals surface area (Å²) in [5.41, 5.74) is 4.66. The van der Waals surface area contributed by atoms with Gasteiger partial charge in [0.15, 0.2) is 0 Å². The van der Waals surface area contributed by atoms with Crippen LogP contribution in [0.25, 0.3) is 0 Å². The van der Waals surface area contributed by atoms with Crippen LogP contribution in [-0.2, 0) is 17.9 Å². The van der Waals surface area contributed by atoms with Gasteiger partial charge in [-0.3, -0.25) is 4.79 Å². The molecule has 0 spiro atoms. The first-order valence-corrected chi connectivity index (χ1v) is 7.76. The van der Waals surface area contributed by atoms with E-state index in [2.05, 4.69) is 29.2 Å². The summed E-state index contributed by atoms with van der Waals surface area (Å²) in [5.74, 6) is 2.80. The molecule has 0 saturated heterocycles. The van der Waals surface area contributed by atoms with Crippen LogP contribution >= 0.6 is 11.8 Å². The number of nitrogens with zero attached hydrogens (tertiary/aromatic N) is 1. The molecule has 0 radical (unpaired) electrons. The number of hydrogen-bond donors (Lipinski definition) is 1. The van der Waals surface area contributed by atoms with Crippen LogP contribution in [0.1, 0.15) is 40.5 Å². The monoisotopic (exact) mass is 270 g/mol. The molecule has 0 fully saturated rings. The summed E-state index contributed by atoms with van der Waals surface area (Å²) in [7, 11) is 0. The minimum absolute atomic E-state index is 0.0642. The molecule has 3 nitrogen and oxygen atoms in total. The molecule has 1 aromatic carbocycles. The zero-order valence-corrected chi connectivity index (χ0v) is 11.3. The minimum atomic E-state index is 0.0642. The molecule has 1 aromatic heterocycles. The van der Waals surface area contributed by atoms with Crippen molar-refractivity contribution in [2.75, 3.05) is 0 Å². The van der Waals surface area contributed by atoms with Crippen molar-refractivity contribution in [1.82, 2.24) is 9.97 Å². The Kier molecular flexibility index (Phi) is 2.52. The van der Waals surface area contributed by atoms with Crippen LogP contribution in [0.15, 0.2) is 29.1 Å². The smallest absolute Gasteiger partial charge is 0.255 e. The largest absolute Gasteiger partial charge is 0.310 e. The average molecular weight is 270 g/mol. The van der Waals surface area contributed by atoms with Crippen LogP contribution in [0.5, 0.6) is 0 Å². The summed E-state index contributed by atoms with van der Waals surface area (Å²) in [6, 6.07) is 8.49. The summed E-state index contributed by atoms with van der Waals surface area (Å²) in [5, 5.41) is 0. The van der Waals surface area contributed by atoms with E-state index in [1.54, 1.807) is 11.8 Å². The maximum absolute atomic E-state index is 12.1. The van der Waals surface area contributed by atoms with E-state index in [1.165, 1.54) is 11.1 Å². The van der Waals surface area contributed by atoms with Gasteiger partial charge in [-0.25, -0.2) is 4.98 Å². The van der Waals surface area contributed by atoms with Crippen molar-refractivity contribution >= 4 is 11.8 Å². The van der Waals surface area contributed by atoms with E-state index in [4.69, 9.17) is 4.98 Å². The molecule has 1 N–H and O–H groups in total. The molecule has 19 heavy (non-hydrogen) atoms. The molecule has 1 atom stereocenters. The van der Waals surface area contributed by atoms with E-state index in [0.29, 0.717) is 0 Å². The van der Waals surface area contributed by atoms with Gasteiger partial charge in [0.25, 0.3) is 5.56 Å². The normalized spacial score (nSPS) is 20.3. The van der Waals surface area contributed by atoms with E-state index in [-0.39, 0.29) is 11.5 Å².